The van der Waals surface area contributed by atoms with Crippen molar-refractivity contribution in [3.63, 3.8) is 0 Å². The van der Waals surface area contributed by atoms with Gasteiger partial charge in [0.2, 0.25) is 5.91 Å². The summed E-state index contributed by atoms with van der Waals surface area (Å²) >= 11 is 0. The van der Waals surface area contributed by atoms with Gasteiger partial charge in [0.25, 0.3) is 5.56 Å². The minimum Gasteiger partial charge on any atom is -0.391 e. The van der Waals surface area contributed by atoms with Crippen LogP contribution in [0.1, 0.15) is 18.0 Å². The largest absolute Gasteiger partial charge is 0.391 e. The number of halogens is 1. The van der Waals surface area contributed by atoms with Gasteiger partial charge in [-0.15, -0.1) is 0 Å². The molecule has 1 aliphatic rings. The molecule has 2 aromatic rings. The molecular formula is C17H18FN3O4. The predicted octanol–water partition coefficient (Wildman–Crippen LogP) is 0.0206. The molecular weight excluding hydrogens is 329 g/mol. The van der Waals surface area contributed by atoms with Crippen LogP contribution in [0.4, 0.5) is 4.39 Å². The number of amides is 1. The normalized spacial score (nSPS) is 20.0. The third-order valence-corrected chi connectivity index (χ3v) is 4.42. The molecule has 1 aromatic carbocycles. The van der Waals surface area contributed by atoms with Crippen molar-refractivity contribution in [3.05, 3.63) is 68.7 Å². The maximum atomic E-state index is 13.1. The lowest BCUT2D eigenvalue weighted by Crippen LogP contribution is -2.41. The van der Waals surface area contributed by atoms with E-state index in [0.29, 0.717) is 6.42 Å². The maximum absolute atomic E-state index is 13.1. The summed E-state index contributed by atoms with van der Waals surface area (Å²) in [7, 11) is 1.34. The first-order chi connectivity index (χ1) is 11.9. The van der Waals surface area contributed by atoms with Crippen LogP contribution in [0.15, 0.2) is 46.1 Å². The smallest absolute Gasteiger partial charge is 0.331 e. The molecule has 7 nitrogen and oxygen atoms in total. The number of hydrogen-bond donors (Lipinski definition) is 1. The fourth-order valence-corrected chi connectivity index (χ4v) is 3.06. The summed E-state index contributed by atoms with van der Waals surface area (Å²) in [6.07, 6.45) is 0.942. The van der Waals surface area contributed by atoms with Crippen LogP contribution >= 0.6 is 0 Å². The Morgan fingerprint density at radius 3 is 2.60 bits per heavy atom. The minimum atomic E-state index is -0.684. The SMILES string of the molecule is Cn1c(=O)ccn(CC(=O)N2C[C@@H](O)C[C@@H]2c2ccc(F)cc2)c1=O. The van der Waals surface area contributed by atoms with Crippen LogP contribution in [0.2, 0.25) is 0 Å². The van der Waals surface area contributed by atoms with E-state index in [2.05, 4.69) is 0 Å². The topological polar surface area (TPSA) is 84.5 Å². The van der Waals surface area contributed by atoms with Gasteiger partial charge in [-0.3, -0.25) is 18.7 Å². The Hall–Kier alpha value is -2.74. The molecule has 8 heteroatoms. The zero-order chi connectivity index (χ0) is 18.1. The quantitative estimate of drug-likeness (QED) is 0.848. The van der Waals surface area contributed by atoms with Gasteiger partial charge < -0.3 is 10.0 Å². The maximum Gasteiger partial charge on any atom is 0.331 e. The second-order valence-electron chi connectivity index (χ2n) is 6.13. The summed E-state index contributed by atoms with van der Waals surface area (Å²) in [4.78, 5) is 37.6. The number of β-amino-alcohol motifs (C(OH)–C–C–N with tert-alkyl or cyclic N) is 1. The molecule has 2 heterocycles. The highest BCUT2D eigenvalue weighted by Gasteiger charge is 2.35. The van der Waals surface area contributed by atoms with Gasteiger partial charge in [0.05, 0.1) is 12.1 Å². The highest BCUT2D eigenvalue weighted by molar-refractivity contribution is 5.77. The number of benzene rings is 1. The summed E-state index contributed by atoms with van der Waals surface area (Å²) in [5, 5.41) is 9.95. The molecule has 25 heavy (non-hydrogen) atoms. The first-order valence-corrected chi connectivity index (χ1v) is 7.86. The fraction of sp³-hybridized carbons (Fsp3) is 0.353. The molecule has 1 saturated heterocycles. The summed E-state index contributed by atoms with van der Waals surface area (Å²) in [6.45, 7) is -0.0985. The zero-order valence-corrected chi connectivity index (χ0v) is 13.6. The lowest BCUT2D eigenvalue weighted by Gasteiger charge is -2.25. The molecule has 1 aliphatic heterocycles. The van der Waals surface area contributed by atoms with Gasteiger partial charge in [-0.1, -0.05) is 12.1 Å². The van der Waals surface area contributed by atoms with Gasteiger partial charge in [-0.2, -0.15) is 0 Å². The number of aliphatic hydroxyl groups excluding tert-OH is 1. The monoisotopic (exact) mass is 347 g/mol. The lowest BCUT2D eigenvalue weighted by molar-refractivity contribution is -0.133. The fourth-order valence-electron chi connectivity index (χ4n) is 3.06. The summed E-state index contributed by atoms with van der Waals surface area (Å²) < 4.78 is 15.2. The number of rotatable bonds is 3. The molecule has 0 saturated carbocycles. The average molecular weight is 347 g/mol. The zero-order valence-electron chi connectivity index (χ0n) is 13.6. The Morgan fingerprint density at radius 2 is 1.92 bits per heavy atom. The van der Waals surface area contributed by atoms with Crippen LogP contribution in [0.5, 0.6) is 0 Å². The highest BCUT2D eigenvalue weighted by Crippen LogP contribution is 2.32. The molecule has 0 bridgehead atoms. The number of aromatic nitrogens is 2. The van der Waals surface area contributed by atoms with Gasteiger partial charge in [0.15, 0.2) is 0 Å². The van der Waals surface area contributed by atoms with Crippen molar-refractivity contribution in [3.8, 4) is 0 Å². The van der Waals surface area contributed by atoms with Crippen molar-refractivity contribution < 1.29 is 14.3 Å². The number of nitrogens with zero attached hydrogens (tertiary/aromatic N) is 3. The van der Waals surface area contributed by atoms with Gasteiger partial charge in [0, 0.05) is 25.9 Å². The van der Waals surface area contributed by atoms with E-state index in [-0.39, 0.29) is 30.9 Å². The van der Waals surface area contributed by atoms with Crippen molar-refractivity contribution >= 4 is 5.91 Å². The third-order valence-electron chi connectivity index (χ3n) is 4.42. The average Bonchev–Trinajstić information content (AvgIpc) is 2.98. The highest BCUT2D eigenvalue weighted by atomic mass is 19.1. The lowest BCUT2D eigenvalue weighted by atomic mass is 10.0. The first kappa shape index (κ1) is 17.1. The molecule has 3 rings (SSSR count). The molecule has 1 amide bonds. The molecule has 0 radical (unpaired) electrons. The standard InChI is InChI=1S/C17H18FN3O4/c1-19-15(23)6-7-20(17(19)25)10-16(24)21-9-13(22)8-14(21)11-2-4-12(18)5-3-11/h2-7,13-14,22H,8-10H2,1H3/t13-,14+/m0/s1. The molecule has 0 unspecified atom stereocenters. The van der Waals surface area contributed by atoms with E-state index in [1.165, 1.54) is 36.3 Å². The van der Waals surface area contributed by atoms with Gasteiger partial charge >= 0.3 is 5.69 Å². The van der Waals surface area contributed by atoms with Gasteiger partial charge in [0.1, 0.15) is 12.4 Å². The number of likely N-dealkylation sites (tertiary alicyclic amines) is 1. The Morgan fingerprint density at radius 1 is 1.24 bits per heavy atom. The molecule has 132 valence electrons. The number of carbonyl (C=O) groups excluding carboxylic acids is 1. The molecule has 1 fully saturated rings. The molecule has 1 N–H and O–H groups in total. The van der Waals surface area contributed by atoms with Crippen molar-refractivity contribution in [2.45, 2.75) is 25.1 Å². The van der Waals surface area contributed by atoms with E-state index in [1.54, 1.807) is 12.1 Å². The van der Waals surface area contributed by atoms with Crippen molar-refractivity contribution in [2.75, 3.05) is 6.54 Å². The van der Waals surface area contributed by atoms with E-state index in [0.717, 1.165) is 14.7 Å². The summed E-state index contributed by atoms with van der Waals surface area (Å²) in [5.74, 6) is -0.733. The molecule has 0 aliphatic carbocycles. The third kappa shape index (κ3) is 3.39. The van der Waals surface area contributed by atoms with Crippen LogP contribution in [0.25, 0.3) is 0 Å². The summed E-state index contributed by atoms with van der Waals surface area (Å²) in [6, 6.07) is 6.60. The second kappa shape index (κ2) is 6.64. The second-order valence-corrected chi connectivity index (χ2v) is 6.13. The van der Waals surface area contributed by atoms with E-state index >= 15 is 0 Å². The number of hydrogen-bond acceptors (Lipinski definition) is 4. The minimum absolute atomic E-state index is 0.140. The number of carbonyl (C=O) groups is 1. The van der Waals surface area contributed by atoms with E-state index in [1.807, 2.05) is 0 Å². The van der Waals surface area contributed by atoms with E-state index in [9.17, 15) is 23.9 Å². The van der Waals surface area contributed by atoms with E-state index in [4.69, 9.17) is 0 Å². The van der Waals surface area contributed by atoms with Crippen molar-refractivity contribution in [1.29, 1.82) is 0 Å². The molecule has 2 atom stereocenters. The van der Waals surface area contributed by atoms with Crippen LogP contribution in [0, 0.1) is 5.82 Å². The van der Waals surface area contributed by atoms with Crippen LogP contribution in [-0.2, 0) is 18.4 Å². The summed E-state index contributed by atoms with van der Waals surface area (Å²) in [5.41, 5.74) is -0.312. The van der Waals surface area contributed by atoms with E-state index < -0.39 is 17.4 Å². The Bertz CT molecular complexity index is 903. The van der Waals surface area contributed by atoms with Crippen LogP contribution in [0.3, 0.4) is 0 Å². The van der Waals surface area contributed by atoms with Crippen molar-refractivity contribution in [2.24, 2.45) is 7.05 Å². The first-order valence-electron chi connectivity index (χ1n) is 7.86. The van der Waals surface area contributed by atoms with Crippen LogP contribution in [-0.4, -0.2) is 37.7 Å². The van der Waals surface area contributed by atoms with Crippen LogP contribution < -0.4 is 11.2 Å². The van der Waals surface area contributed by atoms with Crippen molar-refractivity contribution in [1.82, 2.24) is 14.0 Å². The van der Waals surface area contributed by atoms with Gasteiger partial charge in [-0.05, 0) is 24.1 Å². The molecule has 1 aromatic heterocycles. The van der Waals surface area contributed by atoms with Gasteiger partial charge in [-0.25, -0.2) is 9.18 Å². The predicted molar refractivity (Wildman–Crippen MR) is 87.4 cm³/mol. The number of aliphatic hydroxyl groups is 1. The Labute approximate surface area is 142 Å². The Balaban J connectivity index is 1.85. The Kier molecular flexibility index (Phi) is 4.54. The molecule has 0 spiro atoms.